The average molecular weight is 365 g/mol. The maximum absolute atomic E-state index is 12.3. The summed E-state index contributed by atoms with van der Waals surface area (Å²) in [5.74, 6) is 0.225. The number of nitrogens with one attached hydrogen (secondary N) is 2. The fourth-order valence-corrected chi connectivity index (χ4v) is 2.98. The highest BCUT2D eigenvalue weighted by Crippen LogP contribution is 2.24. The van der Waals surface area contributed by atoms with Crippen LogP contribution < -0.4 is 19.5 Å². The standard InChI is InChI=1S/C16H19N3O5S/c1-17-25(21,22)14-8-12(5-6-13(14)23-2)16(20)19-10-11-4-7-15(24-3)18-9-11/h4-9,17H,10H2,1-3H3,(H,19,20). The molecule has 0 radical (unpaired) electrons. The van der Waals surface area contributed by atoms with Crippen LogP contribution in [0.4, 0.5) is 0 Å². The van der Waals surface area contributed by atoms with Crippen molar-refractivity contribution in [3.63, 3.8) is 0 Å². The minimum absolute atomic E-state index is 0.101. The van der Waals surface area contributed by atoms with E-state index in [1.54, 1.807) is 18.3 Å². The number of pyridine rings is 1. The number of amides is 1. The topological polar surface area (TPSA) is 107 Å². The maximum Gasteiger partial charge on any atom is 0.251 e. The molecule has 0 unspecified atom stereocenters. The molecule has 0 saturated carbocycles. The Hall–Kier alpha value is -2.65. The van der Waals surface area contributed by atoms with Gasteiger partial charge in [0.2, 0.25) is 15.9 Å². The molecule has 1 heterocycles. The van der Waals surface area contributed by atoms with E-state index in [0.29, 0.717) is 5.88 Å². The Morgan fingerprint density at radius 1 is 1.16 bits per heavy atom. The highest BCUT2D eigenvalue weighted by Gasteiger charge is 2.20. The van der Waals surface area contributed by atoms with E-state index < -0.39 is 15.9 Å². The summed E-state index contributed by atoms with van der Waals surface area (Å²) in [5, 5.41) is 2.71. The molecule has 25 heavy (non-hydrogen) atoms. The third kappa shape index (κ3) is 4.46. The van der Waals surface area contributed by atoms with Crippen LogP contribution in [0.2, 0.25) is 0 Å². The summed E-state index contributed by atoms with van der Waals surface area (Å²) >= 11 is 0. The van der Waals surface area contributed by atoms with Gasteiger partial charge in [0.15, 0.2) is 0 Å². The smallest absolute Gasteiger partial charge is 0.251 e. The number of carbonyl (C=O) groups excluding carboxylic acids is 1. The van der Waals surface area contributed by atoms with Crippen LogP contribution in [0, 0.1) is 0 Å². The van der Waals surface area contributed by atoms with E-state index in [0.717, 1.165) is 5.56 Å². The second kappa shape index (κ2) is 7.95. The Balaban J connectivity index is 2.17. The van der Waals surface area contributed by atoms with Crippen molar-refractivity contribution in [3.05, 3.63) is 47.7 Å². The molecule has 2 N–H and O–H groups in total. The minimum atomic E-state index is -3.75. The molecule has 8 nitrogen and oxygen atoms in total. The van der Waals surface area contributed by atoms with Gasteiger partial charge in [-0.1, -0.05) is 6.07 Å². The molecule has 0 aliphatic heterocycles. The lowest BCUT2D eigenvalue weighted by Gasteiger charge is -2.11. The van der Waals surface area contributed by atoms with Crippen molar-refractivity contribution < 1.29 is 22.7 Å². The first-order chi connectivity index (χ1) is 11.9. The second-order valence-electron chi connectivity index (χ2n) is 4.96. The SMILES string of the molecule is CNS(=O)(=O)c1cc(C(=O)NCc2ccc(OC)nc2)ccc1OC. The molecular weight excluding hydrogens is 346 g/mol. The number of methoxy groups -OCH3 is 2. The normalized spacial score (nSPS) is 11.0. The van der Waals surface area contributed by atoms with Gasteiger partial charge in [-0.15, -0.1) is 0 Å². The van der Waals surface area contributed by atoms with Gasteiger partial charge in [-0.3, -0.25) is 4.79 Å². The number of sulfonamides is 1. The summed E-state index contributed by atoms with van der Waals surface area (Å²) in [7, 11) is 0.419. The van der Waals surface area contributed by atoms with Crippen LogP contribution in [0.3, 0.4) is 0 Å². The Morgan fingerprint density at radius 3 is 2.48 bits per heavy atom. The first-order valence-electron chi connectivity index (χ1n) is 7.30. The molecule has 0 bridgehead atoms. The third-order valence-electron chi connectivity index (χ3n) is 3.44. The molecule has 1 amide bonds. The van der Waals surface area contributed by atoms with E-state index in [2.05, 4.69) is 15.0 Å². The Kier molecular flexibility index (Phi) is 5.94. The van der Waals surface area contributed by atoms with Crippen LogP contribution in [0.1, 0.15) is 15.9 Å². The van der Waals surface area contributed by atoms with Crippen molar-refractivity contribution in [1.82, 2.24) is 15.0 Å². The number of carbonyl (C=O) groups is 1. The predicted molar refractivity (Wildman–Crippen MR) is 91.2 cm³/mol. The van der Waals surface area contributed by atoms with Gasteiger partial charge in [0.25, 0.3) is 5.91 Å². The van der Waals surface area contributed by atoms with Crippen LogP contribution in [0.5, 0.6) is 11.6 Å². The van der Waals surface area contributed by atoms with Gasteiger partial charge in [0, 0.05) is 24.4 Å². The summed E-state index contributed by atoms with van der Waals surface area (Å²) in [4.78, 5) is 16.2. The van der Waals surface area contributed by atoms with Crippen molar-refractivity contribution in [2.45, 2.75) is 11.4 Å². The van der Waals surface area contributed by atoms with Crippen molar-refractivity contribution >= 4 is 15.9 Å². The molecule has 0 spiro atoms. The maximum atomic E-state index is 12.3. The molecule has 0 aliphatic rings. The van der Waals surface area contributed by atoms with Gasteiger partial charge in [-0.25, -0.2) is 18.1 Å². The summed E-state index contributed by atoms with van der Waals surface area (Å²) < 4.78 is 36.3. The number of ether oxygens (including phenoxy) is 2. The van der Waals surface area contributed by atoms with Crippen LogP contribution in [0.15, 0.2) is 41.4 Å². The van der Waals surface area contributed by atoms with E-state index in [-0.39, 0.29) is 22.8 Å². The summed E-state index contributed by atoms with van der Waals surface area (Å²) in [6, 6.07) is 7.67. The first kappa shape index (κ1) is 18.7. The summed E-state index contributed by atoms with van der Waals surface area (Å²) in [6.07, 6.45) is 1.59. The van der Waals surface area contributed by atoms with Gasteiger partial charge in [0.1, 0.15) is 10.6 Å². The molecule has 0 atom stereocenters. The number of hydrogen-bond acceptors (Lipinski definition) is 6. The molecular formula is C16H19N3O5S. The Labute approximate surface area is 146 Å². The fourth-order valence-electron chi connectivity index (χ4n) is 2.06. The Bertz CT molecular complexity index is 851. The number of benzene rings is 1. The van der Waals surface area contributed by atoms with Gasteiger partial charge in [0.05, 0.1) is 14.2 Å². The molecule has 9 heteroatoms. The highest BCUT2D eigenvalue weighted by molar-refractivity contribution is 7.89. The molecule has 0 fully saturated rings. The molecule has 0 saturated heterocycles. The lowest BCUT2D eigenvalue weighted by atomic mass is 10.2. The molecule has 0 aliphatic carbocycles. The number of aromatic nitrogens is 1. The van der Waals surface area contributed by atoms with Gasteiger partial charge >= 0.3 is 0 Å². The fraction of sp³-hybridized carbons (Fsp3) is 0.250. The Morgan fingerprint density at radius 2 is 1.92 bits per heavy atom. The van der Waals surface area contributed by atoms with Gasteiger partial charge in [-0.2, -0.15) is 0 Å². The molecule has 2 aromatic rings. The van der Waals surface area contributed by atoms with E-state index >= 15 is 0 Å². The predicted octanol–water partition coefficient (Wildman–Crippen LogP) is 0.937. The highest BCUT2D eigenvalue weighted by atomic mass is 32.2. The average Bonchev–Trinajstić information content (AvgIpc) is 2.65. The number of nitrogens with zero attached hydrogens (tertiary/aromatic N) is 1. The van der Waals surface area contributed by atoms with Crippen molar-refractivity contribution in [2.75, 3.05) is 21.3 Å². The van der Waals surface area contributed by atoms with Crippen LogP contribution >= 0.6 is 0 Å². The van der Waals surface area contributed by atoms with Crippen LogP contribution in [-0.4, -0.2) is 40.6 Å². The number of rotatable bonds is 7. The summed E-state index contributed by atoms with van der Waals surface area (Å²) in [5.41, 5.74) is 0.988. The molecule has 1 aromatic carbocycles. The zero-order valence-electron chi connectivity index (χ0n) is 14.1. The third-order valence-corrected chi connectivity index (χ3v) is 4.88. The first-order valence-corrected chi connectivity index (χ1v) is 8.78. The lowest BCUT2D eigenvalue weighted by Crippen LogP contribution is -2.24. The van der Waals surface area contributed by atoms with Gasteiger partial charge < -0.3 is 14.8 Å². The lowest BCUT2D eigenvalue weighted by molar-refractivity contribution is 0.0950. The monoisotopic (exact) mass is 365 g/mol. The van der Waals surface area contributed by atoms with Crippen molar-refractivity contribution in [1.29, 1.82) is 0 Å². The van der Waals surface area contributed by atoms with Crippen LogP contribution in [0.25, 0.3) is 0 Å². The van der Waals surface area contributed by atoms with E-state index in [4.69, 9.17) is 9.47 Å². The van der Waals surface area contributed by atoms with Crippen LogP contribution in [-0.2, 0) is 16.6 Å². The largest absolute Gasteiger partial charge is 0.495 e. The van der Waals surface area contributed by atoms with E-state index in [9.17, 15) is 13.2 Å². The molecule has 1 aromatic heterocycles. The summed E-state index contributed by atoms with van der Waals surface area (Å²) in [6.45, 7) is 0.246. The molecule has 134 valence electrons. The van der Waals surface area contributed by atoms with E-state index in [1.807, 2.05) is 0 Å². The molecule has 2 rings (SSSR count). The zero-order valence-corrected chi connectivity index (χ0v) is 14.9. The zero-order chi connectivity index (χ0) is 18.4. The minimum Gasteiger partial charge on any atom is -0.495 e. The number of hydrogen-bond donors (Lipinski definition) is 2. The van der Waals surface area contributed by atoms with Gasteiger partial charge in [-0.05, 0) is 30.8 Å². The second-order valence-corrected chi connectivity index (χ2v) is 6.82. The van der Waals surface area contributed by atoms with Crippen molar-refractivity contribution in [2.24, 2.45) is 0 Å². The quantitative estimate of drug-likeness (QED) is 0.756. The van der Waals surface area contributed by atoms with Crippen molar-refractivity contribution in [3.8, 4) is 11.6 Å². The van der Waals surface area contributed by atoms with E-state index in [1.165, 1.54) is 39.5 Å².